The minimum Gasteiger partial charge on any atom is -0.500 e. The van der Waals surface area contributed by atoms with E-state index in [0.29, 0.717) is 0 Å². The molecule has 2 N–H and O–H groups in total. The number of phenols is 1. The molecule has 24 heavy (non-hydrogen) atoms. The van der Waals surface area contributed by atoms with Crippen molar-refractivity contribution in [2.45, 2.75) is 6.92 Å². The zero-order valence-electron chi connectivity index (χ0n) is 12.7. The molecular formula is C15H14N4O5. The minimum atomic E-state index is -0.734. The van der Waals surface area contributed by atoms with Gasteiger partial charge in [0.2, 0.25) is 5.75 Å². The number of carbonyl (C=O) groups is 1. The average molecular weight is 330 g/mol. The van der Waals surface area contributed by atoms with Gasteiger partial charge in [0.25, 0.3) is 5.91 Å². The molecule has 1 amide bonds. The second-order valence-electron chi connectivity index (χ2n) is 4.49. The molecule has 0 radical (unpaired) electrons. The number of ether oxygens (including phenoxy) is 1. The van der Waals surface area contributed by atoms with E-state index in [2.05, 4.69) is 15.5 Å². The molecule has 9 heteroatoms. The van der Waals surface area contributed by atoms with Gasteiger partial charge in [-0.15, -0.1) is 0 Å². The van der Waals surface area contributed by atoms with Crippen LogP contribution in [0.5, 0.6) is 11.5 Å². The molecule has 0 bridgehead atoms. The standard InChI is InChI=1S/C15H14N4O5/c1-2-24-13-8-10(7-12(14(13)20)19(22)23)9-17-18-15(21)11-5-3-4-6-16-11/h3-9,20H,2H2,1H3,(H,18,21). The average Bonchev–Trinajstić information content (AvgIpc) is 2.58. The third-order valence-corrected chi connectivity index (χ3v) is 2.85. The number of amides is 1. The molecule has 0 saturated carbocycles. The van der Waals surface area contributed by atoms with Crippen LogP contribution in [0.4, 0.5) is 5.69 Å². The van der Waals surface area contributed by atoms with Gasteiger partial charge in [-0.05, 0) is 25.1 Å². The van der Waals surface area contributed by atoms with Crippen LogP contribution in [0.3, 0.4) is 0 Å². The van der Waals surface area contributed by atoms with Crippen molar-refractivity contribution in [2.24, 2.45) is 5.10 Å². The zero-order valence-corrected chi connectivity index (χ0v) is 12.7. The van der Waals surface area contributed by atoms with Crippen LogP contribution in [0.1, 0.15) is 23.0 Å². The summed E-state index contributed by atoms with van der Waals surface area (Å²) < 4.78 is 5.15. The first-order chi connectivity index (χ1) is 11.5. The summed E-state index contributed by atoms with van der Waals surface area (Å²) in [6.07, 6.45) is 2.67. The molecule has 0 spiro atoms. The topological polar surface area (TPSA) is 127 Å². The lowest BCUT2D eigenvalue weighted by Gasteiger charge is -2.07. The van der Waals surface area contributed by atoms with Crippen molar-refractivity contribution in [3.05, 3.63) is 57.9 Å². The Balaban J connectivity index is 2.19. The Bertz CT molecular complexity index is 777. The molecule has 124 valence electrons. The van der Waals surface area contributed by atoms with E-state index in [1.54, 1.807) is 19.1 Å². The second kappa shape index (κ2) is 7.68. The van der Waals surface area contributed by atoms with Crippen LogP contribution in [-0.4, -0.2) is 33.7 Å². The Labute approximate surface area is 136 Å². The molecule has 0 aliphatic heterocycles. The minimum absolute atomic E-state index is 0.0378. The molecule has 0 aliphatic carbocycles. The summed E-state index contributed by atoms with van der Waals surface area (Å²) in [7, 11) is 0. The molecule has 0 saturated heterocycles. The zero-order chi connectivity index (χ0) is 17.5. The van der Waals surface area contributed by atoms with Crippen molar-refractivity contribution in [3.8, 4) is 11.5 Å². The predicted molar refractivity (Wildman–Crippen MR) is 85.2 cm³/mol. The van der Waals surface area contributed by atoms with Gasteiger partial charge in [0.05, 0.1) is 17.7 Å². The summed E-state index contributed by atoms with van der Waals surface area (Å²) in [4.78, 5) is 25.9. The Morgan fingerprint density at radius 2 is 2.29 bits per heavy atom. The van der Waals surface area contributed by atoms with E-state index in [9.17, 15) is 20.0 Å². The molecule has 0 atom stereocenters. The van der Waals surface area contributed by atoms with Crippen molar-refractivity contribution in [1.29, 1.82) is 0 Å². The molecule has 0 aliphatic rings. The van der Waals surface area contributed by atoms with Gasteiger partial charge >= 0.3 is 5.69 Å². The number of nitrogens with one attached hydrogen (secondary N) is 1. The summed E-state index contributed by atoms with van der Waals surface area (Å²) in [6, 6.07) is 7.34. The van der Waals surface area contributed by atoms with E-state index < -0.39 is 22.3 Å². The van der Waals surface area contributed by atoms with Crippen molar-refractivity contribution >= 4 is 17.8 Å². The lowest BCUT2D eigenvalue weighted by Crippen LogP contribution is -2.18. The van der Waals surface area contributed by atoms with Crippen LogP contribution in [0.25, 0.3) is 0 Å². The van der Waals surface area contributed by atoms with Gasteiger partial charge in [0.1, 0.15) is 5.69 Å². The number of hydrazone groups is 1. The Morgan fingerprint density at radius 3 is 2.92 bits per heavy atom. The van der Waals surface area contributed by atoms with Gasteiger partial charge in [0, 0.05) is 17.8 Å². The number of pyridine rings is 1. The van der Waals surface area contributed by atoms with Crippen LogP contribution in [0, 0.1) is 10.1 Å². The number of carbonyl (C=O) groups excluding carboxylic acids is 1. The smallest absolute Gasteiger partial charge is 0.315 e. The van der Waals surface area contributed by atoms with Crippen LogP contribution in [0.2, 0.25) is 0 Å². The number of rotatable bonds is 6. The van der Waals surface area contributed by atoms with Crippen molar-refractivity contribution < 1.29 is 19.6 Å². The maximum absolute atomic E-state index is 11.8. The molecule has 0 unspecified atom stereocenters. The van der Waals surface area contributed by atoms with Crippen LogP contribution < -0.4 is 10.2 Å². The summed E-state index contributed by atoms with van der Waals surface area (Å²) in [5, 5.41) is 24.5. The Kier molecular flexibility index (Phi) is 5.40. The first-order valence-electron chi connectivity index (χ1n) is 6.91. The molecule has 2 rings (SSSR count). The van der Waals surface area contributed by atoms with E-state index in [0.717, 1.165) is 6.07 Å². The van der Waals surface area contributed by atoms with Crippen molar-refractivity contribution in [2.75, 3.05) is 6.61 Å². The number of nitro benzene ring substituents is 1. The SMILES string of the molecule is CCOc1cc(C=NNC(=O)c2ccccn2)cc([N+](=O)[O-])c1O. The normalized spacial score (nSPS) is 10.5. The lowest BCUT2D eigenvalue weighted by atomic mass is 10.2. The van der Waals surface area contributed by atoms with Crippen LogP contribution in [-0.2, 0) is 0 Å². The predicted octanol–water partition coefficient (Wildman–Crippen LogP) is 1.86. The van der Waals surface area contributed by atoms with E-state index in [1.807, 2.05) is 0 Å². The summed E-state index contributed by atoms with van der Waals surface area (Å²) in [6.45, 7) is 1.90. The van der Waals surface area contributed by atoms with Crippen molar-refractivity contribution in [1.82, 2.24) is 10.4 Å². The van der Waals surface area contributed by atoms with E-state index in [4.69, 9.17) is 4.74 Å². The molecular weight excluding hydrogens is 316 g/mol. The summed E-state index contributed by atoms with van der Waals surface area (Å²) in [5.41, 5.74) is 2.21. The fourth-order valence-corrected chi connectivity index (χ4v) is 1.81. The van der Waals surface area contributed by atoms with Gasteiger partial charge < -0.3 is 9.84 Å². The van der Waals surface area contributed by atoms with E-state index >= 15 is 0 Å². The fraction of sp³-hybridized carbons (Fsp3) is 0.133. The monoisotopic (exact) mass is 330 g/mol. The van der Waals surface area contributed by atoms with Crippen LogP contribution in [0.15, 0.2) is 41.6 Å². The van der Waals surface area contributed by atoms with Gasteiger partial charge in [-0.1, -0.05) is 6.07 Å². The highest BCUT2D eigenvalue weighted by Crippen LogP contribution is 2.36. The molecule has 0 fully saturated rings. The summed E-state index contributed by atoms with van der Waals surface area (Å²) >= 11 is 0. The highest BCUT2D eigenvalue weighted by atomic mass is 16.6. The lowest BCUT2D eigenvalue weighted by molar-refractivity contribution is -0.386. The molecule has 2 aromatic rings. The van der Waals surface area contributed by atoms with Gasteiger partial charge in [0.15, 0.2) is 5.75 Å². The Morgan fingerprint density at radius 1 is 1.50 bits per heavy atom. The number of hydrogen-bond acceptors (Lipinski definition) is 7. The molecule has 1 heterocycles. The quantitative estimate of drug-likeness (QED) is 0.473. The largest absolute Gasteiger partial charge is 0.500 e. The maximum atomic E-state index is 11.8. The Hall–Kier alpha value is -3.49. The maximum Gasteiger partial charge on any atom is 0.315 e. The number of phenolic OH excluding ortho intramolecular Hbond substituents is 1. The third kappa shape index (κ3) is 4.03. The number of aromatic hydroxyl groups is 1. The second-order valence-corrected chi connectivity index (χ2v) is 4.49. The highest BCUT2D eigenvalue weighted by Gasteiger charge is 2.19. The van der Waals surface area contributed by atoms with E-state index in [1.165, 1.54) is 24.5 Å². The first-order valence-corrected chi connectivity index (χ1v) is 6.91. The number of aromatic nitrogens is 1. The molecule has 1 aromatic carbocycles. The van der Waals surface area contributed by atoms with E-state index in [-0.39, 0.29) is 23.6 Å². The number of benzene rings is 1. The molecule has 1 aromatic heterocycles. The fourth-order valence-electron chi connectivity index (χ4n) is 1.81. The number of nitro groups is 1. The van der Waals surface area contributed by atoms with Gasteiger partial charge in [-0.2, -0.15) is 5.10 Å². The van der Waals surface area contributed by atoms with Crippen LogP contribution >= 0.6 is 0 Å². The first kappa shape index (κ1) is 16.9. The molecule has 9 nitrogen and oxygen atoms in total. The number of hydrogen-bond donors (Lipinski definition) is 2. The number of nitrogens with zero attached hydrogens (tertiary/aromatic N) is 3. The van der Waals surface area contributed by atoms with Crippen molar-refractivity contribution in [3.63, 3.8) is 0 Å². The highest BCUT2D eigenvalue weighted by molar-refractivity contribution is 5.93. The van der Waals surface area contributed by atoms with Gasteiger partial charge in [-0.3, -0.25) is 19.9 Å². The third-order valence-electron chi connectivity index (χ3n) is 2.85. The van der Waals surface area contributed by atoms with Gasteiger partial charge in [-0.25, -0.2) is 5.43 Å². The summed E-state index contributed by atoms with van der Waals surface area (Å²) in [5.74, 6) is -1.12.